The third-order valence-corrected chi connectivity index (χ3v) is 9.38. The van der Waals surface area contributed by atoms with Gasteiger partial charge in [0.1, 0.15) is 13.2 Å². The van der Waals surface area contributed by atoms with Crippen molar-refractivity contribution in [3.05, 3.63) is 72.8 Å². The highest BCUT2D eigenvalue weighted by molar-refractivity contribution is 6.99. The molecule has 2 aromatic rings. The van der Waals surface area contributed by atoms with E-state index < -0.39 is 8.32 Å². The van der Waals surface area contributed by atoms with E-state index in [-0.39, 0.29) is 24.2 Å². The monoisotopic (exact) mass is 368 g/mol. The summed E-state index contributed by atoms with van der Waals surface area (Å²) in [6, 6.07) is 20.5. The predicted octanol–water partition coefficient (Wildman–Crippen LogP) is 3.68. The molecule has 0 amide bonds. The van der Waals surface area contributed by atoms with Gasteiger partial charge in [0.05, 0.1) is 0 Å². The van der Waals surface area contributed by atoms with Crippen LogP contribution in [0.1, 0.15) is 27.7 Å². The van der Waals surface area contributed by atoms with E-state index >= 15 is 0 Å². The molecule has 0 aliphatic rings. The van der Waals surface area contributed by atoms with Crippen LogP contribution in [0.25, 0.3) is 0 Å². The van der Waals surface area contributed by atoms with Crippen molar-refractivity contribution in [1.29, 1.82) is 0 Å². The molecule has 0 unspecified atom stereocenters. The smallest absolute Gasteiger partial charge is 0.331 e. The zero-order chi connectivity index (χ0) is 19.0. The fraction of sp³-hybridized carbons (Fsp3) is 0.318. The minimum absolute atomic E-state index is 0.0508. The molecule has 0 saturated carbocycles. The largest absolute Gasteiger partial charge is 0.460 e. The first-order chi connectivity index (χ1) is 12.4. The van der Waals surface area contributed by atoms with Crippen molar-refractivity contribution in [1.82, 2.24) is 0 Å². The number of esters is 1. The van der Waals surface area contributed by atoms with Crippen LogP contribution >= 0.6 is 0 Å². The Labute approximate surface area is 157 Å². The van der Waals surface area contributed by atoms with E-state index in [0.717, 1.165) is 10.4 Å². The maximum Gasteiger partial charge on any atom is 0.331 e. The first kappa shape index (κ1) is 20.1. The molecule has 2 aromatic carbocycles. The molecule has 0 spiro atoms. The molecule has 0 aliphatic carbocycles. The second-order valence-electron chi connectivity index (χ2n) is 7.20. The molecule has 138 valence electrons. The van der Waals surface area contributed by atoms with Gasteiger partial charge in [0.2, 0.25) is 0 Å². The van der Waals surface area contributed by atoms with Crippen LogP contribution in [0.5, 0.6) is 0 Å². The molecule has 0 aliphatic heterocycles. The summed E-state index contributed by atoms with van der Waals surface area (Å²) in [6.07, 6.45) is 3.66. The molecule has 0 N–H and O–H groups in total. The number of ether oxygens (including phenoxy) is 1. The summed E-state index contributed by atoms with van der Waals surface area (Å²) in [7, 11) is -2.68. The van der Waals surface area contributed by atoms with Gasteiger partial charge in [-0.2, -0.15) is 0 Å². The van der Waals surface area contributed by atoms with Crippen LogP contribution in [0, 0.1) is 0 Å². The molecule has 0 atom stereocenters. The SMILES string of the molecule is C/C=C\COC(=O)CO[Si](c1ccccc1)(c1ccccc1)C(C)(C)C. The van der Waals surface area contributed by atoms with Gasteiger partial charge in [-0.05, 0) is 22.3 Å². The van der Waals surface area contributed by atoms with Crippen LogP contribution < -0.4 is 10.4 Å². The highest BCUT2D eigenvalue weighted by Gasteiger charge is 2.50. The van der Waals surface area contributed by atoms with Crippen molar-refractivity contribution in [3.8, 4) is 0 Å². The molecule has 0 bridgehead atoms. The van der Waals surface area contributed by atoms with Crippen molar-refractivity contribution in [2.24, 2.45) is 0 Å². The molecular formula is C22H28O3Si. The Morgan fingerprint density at radius 3 is 1.88 bits per heavy atom. The Hall–Kier alpha value is -2.17. The Kier molecular flexibility index (Phi) is 6.95. The van der Waals surface area contributed by atoms with E-state index in [0.29, 0.717) is 0 Å². The normalized spacial score (nSPS) is 12.3. The maximum absolute atomic E-state index is 12.2. The lowest BCUT2D eigenvalue weighted by Crippen LogP contribution is -2.67. The van der Waals surface area contributed by atoms with Crippen molar-refractivity contribution in [2.45, 2.75) is 32.7 Å². The fourth-order valence-electron chi connectivity index (χ4n) is 3.21. The number of rotatable bonds is 7. The Morgan fingerprint density at radius 2 is 1.46 bits per heavy atom. The van der Waals surface area contributed by atoms with E-state index in [1.807, 2.05) is 49.4 Å². The number of allylic oxidation sites excluding steroid dienone is 1. The van der Waals surface area contributed by atoms with Crippen LogP contribution in [0.3, 0.4) is 0 Å². The third-order valence-electron chi connectivity index (χ3n) is 4.40. The van der Waals surface area contributed by atoms with Gasteiger partial charge in [-0.1, -0.05) is 93.6 Å². The molecule has 26 heavy (non-hydrogen) atoms. The molecule has 3 nitrogen and oxygen atoms in total. The first-order valence-corrected chi connectivity index (χ1v) is 10.8. The summed E-state index contributed by atoms with van der Waals surface area (Å²) in [6.45, 7) is 8.68. The topological polar surface area (TPSA) is 35.5 Å². The van der Waals surface area contributed by atoms with Gasteiger partial charge in [0.25, 0.3) is 8.32 Å². The predicted molar refractivity (Wildman–Crippen MR) is 109 cm³/mol. The van der Waals surface area contributed by atoms with Crippen LogP contribution in [-0.2, 0) is 14.0 Å². The fourth-order valence-corrected chi connectivity index (χ4v) is 7.70. The molecule has 0 radical (unpaired) electrons. The van der Waals surface area contributed by atoms with Gasteiger partial charge in [0.15, 0.2) is 0 Å². The zero-order valence-electron chi connectivity index (χ0n) is 16.1. The lowest BCUT2D eigenvalue weighted by Gasteiger charge is -2.42. The Balaban J connectivity index is 2.42. The van der Waals surface area contributed by atoms with Crippen molar-refractivity contribution < 1.29 is 14.0 Å². The standard InChI is InChI=1S/C22H28O3Si/c1-5-6-17-24-21(23)18-25-26(22(2,3)4,19-13-9-7-10-14-19)20-15-11-8-12-16-20/h5-16H,17-18H2,1-4H3/b6-5-. The molecule has 0 heterocycles. The van der Waals surface area contributed by atoms with Crippen LogP contribution in [0.15, 0.2) is 72.8 Å². The summed E-state index contributed by atoms with van der Waals surface area (Å²) in [5.74, 6) is -0.337. The quantitative estimate of drug-likeness (QED) is 0.425. The first-order valence-electron chi connectivity index (χ1n) is 8.93. The summed E-state index contributed by atoms with van der Waals surface area (Å²) in [5, 5.41) is 2.15. The number of benzene rings is 2. The number of carbonyl (C=O) groups is 1. The highest BCUT2D eigenvalue weighted by Crippen LogP contribution is 2.36. The van der Waals surface area contributed by atoms with Crippen LogP contribution in [0.2, 0.25) is 5.04 Å². The Bertz CT molecular complexity index is 679. The van der Waals surface area contributed by atoms with Gasteiger partial charge >= 0.3 is 5.97 Å². The van der Waals surface area contributed by atoms with E-state index in [1.54, 1.807) is 6.08 Å². The second kappa shape index (κ2) is 8.97. The van der Waals surface area contributed by atoms with Gasteiger partial charge < -0.3 is 9.16 Å². The van der Waals surface area contributed by atoms with Crippen molar-refractivity contribution in [3.63, 3.8) is 0 Å². The second-order valence-corrected chi connectivity index (χ2v) is 11.5. The van der Waals surface area contributed by atoms with Crippen LogP contribution in [-0.4, -0.2) is 27.5 Å². The third kappa shape index (κ3) is 4.51. The summed E-state index contributed by atoms with van der Waals surface area (Å²) >= 11 is 0. The van der Waals surface area contributed by atoms with E-state index in [1.165, 1.54) is 0 Å². The molecule has 0 fully saturated rings. The molecule has 4 heteroatoms. The lowest BCUT2D eigenvalue weighted by atomic mass is 10.2. The summed E-state index contributed by atoms with van der Waals surface area (Å²) in [5.41, 5.74) is 0. The summed E-state index contributed by atoms with van der Waals surface area (Å²) in [4.78, 5) is 12.2. The minimum atomic E-state index is -2.68. The summed E-state index contributed by atoms with van der Waals surface area (Å²) < 4.78 is 11.7. The average molecular weight is 369 g/mol. The zero-order valence-corrected chi connectivity index (χ0v) is 17.1. The van der Waals surface area contributed by atoms with Gasteiger partial charge in [-0.15, -0.1) is 0 Å². The van der Waals surface area contributed by atoms with Crippen molar-refractivity contribution >= 4 is 24.7 Å². The molecule has 0 aromatic heterocycles. The molecular weight excluding hydrogens is 340 g/mol. The van der Waals surface area contributed by atoms with Gasteiger partial charge in [-0.3, -0.25) is 0 Å². The minimum Gasteiger partial charge on any atom is -0.460 e. The van der Waals surface area contributed by atoms with E-state index in [2.05, 4.69) is 45.0 Å². The van der Waals surface area contributed by atoms with Gasteiger partial charge in [0, 0.05) is 0 Å². The highest BCUT2D eigenvalue weighted by atomic mass is 28.4. The lowest BCUT2D eigenvalue weighted by molar-refractivity contribution is -0.145. The van der Waals surface area contributed by atoms with Crippen LogP contribution in [0.4, 0.5) is 0 Å². The Morgan fingerprint density at radius 1 is 0.962 bits per heavy atom. The van der Waals surface area contributed by atoms with Crippen molar-refractivity contribution in [2.75, 3.05) is 13.2 Å². The molecule has 2 rings (SSSR count). The maximum atomic E-state index is 12.2. The number of carbonyl (C=O) groups excluding carboxylic acids is 1. The van der Waals surface area contributed by atoms with Gasteiger partial charge in [-0.25, -0.2) is 4.79 Å². The number of hydrogen-bond donors (Lipinski definition) is 0. The van der Waals surface area contributed by atoms with E-state index in [4.69, 9.17) is 9.16 Å². The molecule has 0 saturated heterocycles. The van der Waals surface area contributed by atoms with E-state index in [9.17, 15) is 4.79 Å². The number of hydrogen-bond acceptors (Lipinski definition) is 3. The average Bonchev–Trinajstić information content (AvgIpc) is 2.63.